The molecule has 0 aromatic heterocycles. The van der Waals surface area contributed by atoms with E-state index in [9.17, 15) is 9.18 Å². The molecule has 1 heterocycles. The van der Waals surface area contributed by atoms with Crippen LogP contribution in [0.5, 0.6) is 0 Å². The van der Waals surface area contributed by atoms with E-state index in [4.69, 9.17) is 5.73 Å². The summed E-state index contributed by atoms with van der Waals surface area (Å²) in [6, 6.07) is 4.80. The van der Waals surface area contributed by atoms with E-state index in [-0.39, 0.29) is 22.8 Å². The van der Waals surface area contributed by atoms with E-state index in [1.54, 1.807) is 12.1 Å². The van der Waals surface area contributed by atoms with E-state index in [1.165, 1.54) is 25.3 Å². The van der Waals surface area contributed by atoms with Crippen molar-refractivity contribution in [3.05, 3.63) is 35.1 Å². The van der Waals surface area contributed by atoms with Gasteiger partial charge in [-0.3, -0.25) is 4.79 Å². The predicted octanol–water partition coefficient (Wildman–Crippen LogP) is 1.92. The Bertz CT molecular complexity index is 723. The number of nitrogens with two attached hydrogens (primary N) is 1. The number of carbonyl (C=O) groups excluding carboxylic acids is 1. The van der Waals surface area contributed by atoms with Crippen LogP contribution in [-0.2, 0) is 17.9 Å². The van der Waals surface area contributed by atoms with Crippen LogP contribution in [0, 0.1) is 17.7 Å². The summed E-state index contributed by atoms with van der Waals surface area (Å²) in [6.45, 7) is 1.48. The van der Waals surface area contributed by atoms with E-state index in [2.05, 4.69) is 5.32 Å². The van der Waals surface area contributed by atoms with Crippen molar-refractivity contribution >= 4 is 5.91 Å². The number of hydrogen-bond donors (Lipinski definition) is 2. The average Bonchev–Trinajstić information content (AvgIpc) is 3.09. The van der Waals surface area contributed by atoms with Crippen molar-refractivity contribution in [3.63, 3.8) is 0 Å². The lowest BCUT2D eigenvalue weighted by Crippen LogP contribution is -2.54. The SMILES string of the molecule is NC12CC3CC1CC(NCC(=O)N1Cc4ccc(F)cc4C1)(C3)C2. The van der Waals surface area contributed by atoms with E-state index < -0.39 is 0 Å². The van der Waals surface area contributed by atoms with E-state index in [0.29, 0.717) is 25.6 Å². The highest BCUT2D eigenvalue weighted by atomic mass is 19.1. The molecule has 128 valence electrons. The Labute approximate surface area is 141 Å². The molecular weight excluding hydrogens is 305 g/mol. The van der Waals surface area contributed by atoms with Gasteiger partial charge in [-0.1, -0.05) is 6.07 Å². The van der Waals surface area contributed by atoms with E-state index in [0.717, 1.165) is 29.9 Å². The fraction of sp³-hybridized carbons (Fsp3) is 0.632. The molecular formula is C19H24FN3O. The van der Waals surface area contributed by atoms with Gasteiger partial charge in [-0.15, -0.1) is 0 Å². The third-order valence-corrected chi connectivity index (χ3v) is 6.94. The van der Waals surface area contributed by atoms with Gasteiger partial charge in [0.05, 0.1) is 6.54 Å². The first kappa shape index (κ1) is 14.8. The summed E-state index contributed by atoms with van der Waals surface area (Å²) in [5, 5.41) is 3.58. The van der Waals surface area contributed by atoms with Gasteiger partial charge in [-0.05, 0) is 67.2 Å². The summed E-state index contributed by atoms with van der Waals surface area (Å²) in [7, 11) is 0. The summed E-state index contributed by atoms with van der Waals surface area (Å²) in [5.41, 5.74) is 8.68. The Morgan fingerprint density at radius 3 is 2.92 bits per heavy atom. The van der Waals surface area contributed by atoms with Crippen LogP contribution >= 0.6 is 0 Å². The Balaban J connectivity index is 1.23. The van der Waals surface area contributed by atoms with Crippen molar-refractivity contribution in [2.75, 3.05) is 6.54 Å². The molecule has 5 heteroatoms. The third kappa shape index (κ3) is 2.14. The van der Waals surface area contributed by atoms with Crippen LogP contribution in [0.2, 0.25) is 0 Å². The van der Waals surface area contributed by atoms with Gasteiger partial charge in [0, 0.05) is 24.2 Å². The zero-order chi connectivity index (χ0) is 16.5. The number of rotatable bonds is 3. The van der Waals surface area contributed by atoms with Crippen molar-refractivity contribution < 1.29 is 9.18 Å². The van der Waals surface area contributed by atoms with Crippen LogP contribution in [0.4, 0.5) is 4.39 Å². The lowest BCUT2D eigenvalue weighted by molar-refractivity contribution is -0.131. The first-order valence-corrected chi connectivity index (χ1v) is 9.04. The summed E-state index contributed by atoms with van der Waals surface area (Å²) in [5.74, 6) is 1.25. The van der Waals surface area contributed by atoms with Gasteiger partial charge < -0.3 is 16.0 Å². The zero-order valence-electron chi connectivity index (χ0n) is 13.9. The van der Waals surface area contributed by atoms with Gasteiger partial charge in [0.15, 0.2) is 0 Å². The molecule has 4 aliphatic carbocycles. The maximum Gasteiger partial charge on any atom is 0.237 e. The van der Waals surface area contributed by atoms with Crippen LogP contribution in [0.25, 0.3) is 0 Å². The number of nitrogens with zero attached hydrogens (tertiary/aromatic N) is 1. The largest absolute Gasteiger partial charge is 0.333 e. The second kappa shape index (κ2) is 4.79. The summed E-state index contributed by atoms with van der Waals surface area (Å²) >= 11 is 0. The number of benzene rings is 1. The maximum atomic E-state index is 13.3. The summed E-state index contributed by atoms with van der Waals surface area (Å²) in [4.78, 5) is 14.4. The van der Waals surface area contributed by atoms with Gasteiger partial charge in [0.25, 0.3) is 0 Å². The topological polar surface area (TPSA) is 58.4 Å². The summed E-state index contributed by atoms with van der Waals surface area (Å²) in [6.07, 6.45) is 5.75. The Morgan fingerprint density at radius 2 is 2.12 bits per heavy atom. The van der Waals surface area contributed by atoms with Crippen molar-refractivity contribution in [3.8, 4) is 0 Å². The van der Waals surface area contributed by atoms with Crippen LogP contribution in [-0.4, -0.2) is 28.4 Å². The van der Waals surface area contributed by atoms with Crippen LogP contribution in [0.1, 0.15) is 43.2 Å². The number of halogens is 1. The maximum absolute atomic E-state index is 13.3. The molecule has 1 aliphatic heterocycles. The molecule has 1 aromatic rings. The van der Waals surface area contributed by atoms with Crippen molar-refractivity contribution in [1.29, 1.82) is 0 Å². The second-order valence-electron chi connectivity index (χ2n) is 8.62. The minimum Gasteiger partial charge on any atom is -0.333 e. The highest BCUT2D eigenvalue weighted by Crippen LogP contribution is 2.60. The molecule has 4 fully saturated rings. The molecule has 0 radical (unpaired) electrons. The normalized spacial score (nSPS) is 38.8. The van der Waals surface area contributed by atoms with Crippen molar-refractivity contribution in [2.45, 2.75) is 56.3 Å². The highest BCUT2D eigenvalue weighted by Gasteiger charge is 2.62. The number of hydrogen-bond acceptors (Lipinski definition) is 3. The minimum atomic E-state index is -0.230. The number of fused-ring (bicyclic) bond motifs is 1. The number of carbonyl (C=O) groups is 1. The van der Waals surface area contributed by atoms with Gasteiger partial charge in [-0.2, -0.15) is 0 Å². The second-order valence-corrected chi connectivity index (χ2v) is 8.62. The molecule has 24 heavy (non-hydrogen) atoms. The molecule has 1 aromatic carbocycles. The van der Waals surface area contributed by atoms with E-state index >= 15 is 0 Å². The van der Waals surface area contributed by atoms with E-state index in [1.807, 2.05) is 4.90 Å². The van der Waals surface area contributed by atoms with Crippen molar-refractivity contribution in [1.82, 2.24) is 10.2 Å². The fourth-order valence-electron chi connectivity index (χ4n) is 6.09. The van der Waals surface area contributed by atoms with Gasteiger partial charge >= 0.3 is 0 Å². The molecule has 4 nitrogen and oxygen atoms in total. The first-order valence-electron chi connectivity index (χ1n) is 9.04. The third-order valence-electron chi connectivity index (χ3n) is 6.94. The van der Waals surface area contributed by atoms with Crippen LogP contribution in [0.15, 0.2) is 18.2 Å². The smallest absolute Gasteiger partial charge is 0.237 e. The molecule has 0 spiro atoms. The molecule has 4 bridgehead atoms. The molecule has 3 N–H and O–H groups in total. The van der Waals surface area contributed by atoms with Crippen LogP contribution in [0.3, 0.4) is 0 Å². The highest BCUT2D eigenvalue weighted by molar-refractivity contribution is 5.79. The number of nitrogens with one attached hydrogen (secondary N) is 1. The molecule has 4 atom stereocenters. The Hall–Kier alpha value is -1.46. The van der Waals surface area contributed by atoms with Gasteiger partial charge in [0.2, 0.25) is 5.91 Å². The first-order chi connectivity index (χ1) is 11.4. The molecule has 4 unspecified atom stereocenters. The molecule has 5 aliphatic rings. The minimum absolute atomic E-state index is 0.0143. The fourth-order valence-corrected chi connectivity index (χ4v) is 6.09. The van der Waals surface area contributed by atoms with Crippen LogP contribution < -0.4 is 11.1 Å². The number of amides is 1. The average molecular weight is 329 g/mol. The quantitative estimate of drug-likeness (QED) is 0.891. The van der Waals surface area contributed by atoms with Gasteiger partial charge in [-0.25, -0.2) is 4.39 Å². The lowest BCUT2D eigenvalue weighted by Gasteiger charge is -2.40. The monoisotopic (exact) mass is 329 g/mol. The van der Waals surface area contributed by atoms with Crippen molar-refractivity contribution in [2.24, 2.45) is 17.6 Å². The molecule has 0 saturated heterocycles. The molecule has 6 rings (SSSR count). The molecule has 1 amide bonds. The Kier molecular flexibility index (Phi) is 2.97. The van der Waals surface area contributed by atoms with Gasteiger partial charge in [0.1, 0.15) is 5.82 Å². The summed E-state index contributed by atoms with van der Waals surface area (Å²) < 4.78 is 13.3. The zero-order valence-corrected chi connectivity index (χ0v) is 13.9. The Morgan fingerprint density at radius 1 is 1.29 bits per heavy atom. The lowest BCUT2D eigenvalue weighted by atomic mass is 9.75. The molecule has 4 saturated carbocycles. The standard InChI is InChI=1S/C19H24FN3O/c20-16-2-1-13-9-23(10-14(13)4-16)17(24)8-22-18-5-12-3-15(7-18)19(21,6-12)11-18/h1-2,4,12,15,22H,3,5-11,21H2. The predicted molar refractivity (Wildman–Crippen MR) is 88.4 cm³/mol.